The Labute approximate surface area is 123 Å². The summed E-state index contributed by atoms with van der Waals surface area (Å²) in [6.07, 6.45) is 0.476. The van der Waals surface area contributed by atoms with E-state index in [1.807, 2.05) is 27.7 Å². The number of hydrogen-bond donors (Lipinski definition) is 0. The van der Waals surface area contributed by atoms with Gasteiger partial charge in [-0.3, -0.25) is 0 Å². The predicted molar refractivity (Wildman–Crippen MR) is 60.0 cm³/mol. The van der Waals surface area contributed by atoms with Crippen molar-refractivity contribution in [2.75, 3.05) is 0 Å². The summed E-state index contributed by atoms with van der Waals surface area (Å²) in [6, 6.07) is 0.767. The molecule has 0 amide bonds. The van der Waals surface area contributed by atoms with Crippen molar-refractivity contribution in [2.24, 2.45) is 0 Å². The Bertz CT molecular complexity index is 124. The second-order valence-electron chi connectivity index (χ2n) is 3.72. The van der Waals surface area contributed by atoms with Crippen LogP contribution in [0.25, 0.3) is 0 Å². The summed E-state index contributed by atoms with van der Waals surface area (Å²) in [5, 5.41) is 0. The molecule has 5 heteroatoms. The van der Waals surface area contributed by atoms with Crippen LogP contribution < -0.4 is 24.0 Å². The maximum atomic E-state index is 5.75. The average Bonchev–Trinajstić information content (AvgIpc) is 1.83. The Hall–Kier alpha value is 1.63. The minimum Gasteiger partial charge on any atom is -1.00 e. The molecule has 0 radical (unpaired) electrons. The Kier molecular flexibility index (Phi) is 14.7. The van der Waals surface area contributed by atoms with Gasteiger partial charge in [0.15, 0.2) is 0 Å². The molecule has 0 aliphatic rings. The molecule has 0 fully saturated rings. The molecular formula is C9H21IMgO2Si. The number of rotatable bonds is 5. The smallest absolute Gasteiger partial charge is 1.00 e. The fourth-order valence-electron chi connectivity index (χ4n) is 1.14. The largest absolute Gasteiger partial charge is 2.00 e. The first-order valence-electron chi connectivity index (χ1n) is 4.54. The molecule has 0 rings (SSSR count). The molecule has 82 valence electrons. The van der Waals surface area contributed by atoms with Crippen LogP contribution in [-0.4, -0.2) is 43.8 Å². The Balaban J connectivity index is -0.000000605. The summed E-state index contributed by atoms with van der Waals surface area (Å²) in [5.74, 6) is 0. The van der Waals surface area contributed by atoms with Crippen LogP contribution in [0, 0.1) is 6.92 Å². The van der Waals surface area contributed by atoms with Gasteiger partial charge in [-0.25, -0.2) is 0 Å². The molecular weight excluding hydrogens is 319 g/mol. The van der Waals surface area contributed by atoms with Gasteiger partial charge >= 0.3 is 31.6 Å². The quantitative estimate of drug-likeness (QED) is 0.377. The first kappa shape index (κ1) is 21.0. The van der Waals surface area contributed by atoms with Gasteiger partial charge in [0.05, 0.1) is 0 Å². The maximum Gasteiger partial charge on any atom is 2.00 e. The Morgan fingerprint density at radius 1 is 1.07 bits per heavy atom. The van der Waals surface area contributed by atoms with Gasteiger partial charge in [-0.05, 0) is 34.2 Å². The van der Waals surface area contributed by atoms with Crippen molar-refractivity contribution in [1.29, 1.82) is 0 Å². The molecule has 0 saturated carbocycles. The molecule has 0 spiro atoms. The SMILES string of the molecule is [CH2-]C[Si](C)(OC(C)C)OC(C)C.[I-].[Mg+2]. The van der Waals surface area contributed by atoms with Crippen molar-refractivity contribution < 1.29 is 32.8 Å². The van der Waals surface area contributed by atoms with Crippen LogP contribution in [-0.2, 0) is 8.85 Å². The van der Waals surface area contributed by atoms with E-state index in [0.29, 0.717) is 0 Å². The molecule has 14 heavy (non-hydrogen) atoms. The fraction of sp³-hybridized carbons (Fsp3) is 0.889. The van der Waals surface area contributed by atoms with E-state index in [4.69, 9.17) is 8.85 Å². The number of hydrogen-bond acceptors (Lipinski definition) is 2. The van der Waals surface area contributed by atoms with E-state index in [2.05, 4.69) is 13.5 Å². The van der Waals surface area contributed by atoms with Gasteiger partial charge in [0.25, 0.3) is 0 Å². The first-order valence-corrected chi connectivity index (χ1v) is 7.07. The zero-order valence-corrected chi connectivity index (χ0v) is 14.5. The van der Waals surface area contributed by atoms with Crippen LogP contribution >= 0.6 is 0 Å². The van der Waals surface area contributed by atoms with Gasteiger partial charge in [0.2, 0.25) is 0 Å². The van der Waals surface area contributed by atoms with E-state index in [1.165, 1.54) is 0 Å². The van der Waals surface area contributed by atoms with Gasteiger partial charge in [0, 0.05) is 12.2 Å². The van der Waals surface area contributed by atoms with Crippen molar-refractivity contribution in [2.45, 2.75) is 52.5 Å². The van der Waals surface area contributed by atoms with Crippen molar-refractivity contribution in [3.05, 3.63) is 6.92 Å². The second-order valence-corrected chi connectivity index (χ2v) is 6.96. The molecule has 2 nitrogen and oxygen atoms in total. The Morgan fingerprint density at radius 2 is 1.36 bits per heavy atom. The van der Waals surface area contributed by atoms with Gasteiger partial charge in [-0.15, -0.1) is 6.04 Å². The zero-order valence-electron chi connectivity index (χ0n) is 9.97. The van der Waals surface area contributed by atoms with E-state index >= 15 is 0 Å². The third-order valence-electron chi connectivity index (χ3n) is 1.42. The average molecular weight is 341 g/mol. The van der Waals surface area contributed by atoms with Crippen molar-refractivity contribution in [1.82, 2.24) is 0 Å². The summed E-state index contributed by atoms with van der Waals surface area (Å²) in [7, 11) is -1.96. The van der Waals surface area contributed by atoms with E-state index < -0.39 is 8.56 Å². The minimum absolute atomic E-state index is 0. The van der Waals surface area contributed by atoms with Crippen molar-refractivity contribution >= 4 is 31.6 Å². The summed E-state index contributed by atoms with van der Waals surface area (Å²) in [5.41, 5.74) is 0. The summed E-state index contributed by atoms with van der Waals surface area (Å²) in [4.78, 5) is 0. The van der Waals surface area contributed by atoms with Crippen molar-refractivity contribution in [3.63, 3.8) is 0 Å². The molecule has 0 aromatic heterocycles. The molecule has 0 unspecified atom stereocenters. The van der Waals surface area contributed by atoms with Crippen LogP contribution in [0.15, 0.2) is 0 Å². The van der Waals surface area contributed by atoms with E-state index in [-0.39, 0.29) is 59.2 Å². The second kappa shape index (κ2) is 9.83. The molecule has 0 atom stereocenters. The Morgan fingerprint density at radius 3 is 1.50 bits per heavy atom. The molecule has 0 saturated heterocycles. The number of halogens is 1. The normalized spacial score (nSPS) is 11.1. The third kappa shape index (κ3) is 10.2. The zero-order chi connectivity index (χ0) is 9.78. The molecule has 0 heterocycles. The van der Waals surface area contributed by atoms with Gasteiger partial charge in [0.1, 0.15) is 0 Å². The molecule has 0 aromatic carbocycles. The van der Waals surface area contributed by atoms with E-state index in [9.17, 15) is 0 Å². The summed E-state index contributed by atoms with van der Waals surface area (Å²) < 4.78 is 11.5. The van der Waals surface area contributed by atoms with Crippen LogP contribution in [0.3, 0.4) is 0 Å². The van der Waals surface area contributed by atoms with Gasteiger partial charge in [-0.1, -0.05) is 0 Å². The summed E-state index contributed by atoms with van der Waals surface area (Å²) in [6.45, 7) is 14.1. The van der Waals surface area contributed by atoms with Crippen LogP contribution in [0.2, 0.25) is 12.6 Å². The fourth-order valence-corrected chi connectivity index (χ4v) is 3.43. The van der Waals surface area contributed by atoms with Crippen molar-refractivity contribution in [3.8, 4) is 0 Å². The molecule has 0 aliphatic heterocycles. The summed E-state index contributed by atoms with van der Waals surface area (Å²) >= 11 is 0. The standard InChI is InChI=1S/C9H21O2Si.HI.Mg/c1-7-12(6,10-8(2)3)11-9(4)5;;/h8-9H,1,7H2,2-6H3;1H;/q-1;;+2/p-1. The monoisotopic (exact) mass is 340 g/mol. The molecule has 0 aromatic rings. The van der Waals surface area contributed by atoms with Crippen LogP contribution in [0.4, 0.5) is 0 Å². The maximum absolute atomic E-state index is 5.75. The van der Waals surface area contributed by atoms with Crippen LogP contribution in [0.5, 0.6) is 0 Å². The topological polar surface area (TPSA) is 18.5 Å². The third-order valence-corrected chi connectivity index (χ3v) is 4.27. The van der Waals surface area contributed by atoms with Gasteiger partial charge in [-0.2, -0.15) is 0 Å². The van der Waals surface area contributed by atoms with E-state index in [0.717, 1.165) is 6.04 Å². The van der Waals surface area contributed by atoms with Crippen LogP contribution in [0.1, 0.15) is 27.7 Å². The first-order chi connectivity index (χ1) is 5.39. The van der Waals surface area contributed by atoms with Gasteiger partial charge < -0.3 is 39.8 Å². The molecule has 0 bridgehead atoms. The molecule has 0 aliphatic carbocycles. The molecule has 0 N–H and O–H groups in total. The predicted octanol–water partition coefficient (Wildman–Crippen LogP) is -0.634. The minimum atomic E-state index is -1.96. The van der Waals surface area contributed by atoms with E-state index in [1.54, 1.807) is 0 Å².